The number of thiophene rings is 1. The number of rotatable bonds is 5. The number of morpholine rings is 1. The van der Waals surface area contributed by atoms with Crippen LogP contribution >= 0.6 is 11.3 Å². The van der Waals surface area contributed by atoms with Gasteiger partial charge in [0.15, 0.2) is 0 Å². The molecule has 0 saturated carbocycles. The van der Waals surface area contributed by atoms with Gasteiger partial charge < -0.3 is 15.0 Å². The summed E-state index contributed by atoms with van der Waals surface area (Å²) in [6.07, 6.45) is 2.66. The lowest BCUT2D eigenvalue weighted by Crippen LogP contribution is -2.36. The van der Waals surface area contributed by atoms with Crippen LogP contribution in [0.2, 0.25) is 0 Å². The van der Waals surface area contributed by atoms with Gasteiger partial charge in [-0.25, -0.2) is 9.97 Å². The molecule has 0 bridgehead atoms. The van der Waals surface area contributed by atoms with Gasteiger partial charge in [-0.05, 0) is 17.9 Å². The van der Waals surface area contributed by atoms with E-state index in [-0.39, 0.29) is 0 Å². The Morgan fingerprint density at radius 3 is 2.95 bits per heavy atom. The highest BCUT2D eigenvalue weighted by Crippen LogP contribution is 2.26. The standard InChI is InChI=1S/C15H20N4OS/c1-2-12(13-4-3-9-21-13)18-14-10-15(17-11-16-14)19-5-7-20-8-6-19/h3-4,9-12H,2,5-8H2,1H3,(H,16,17,18)/t12-/m0/s1. The summed E-state index contributed by atoms with van der Waals surface area (Å²) in [5, 5.41) is 5.62. The molecule has 0 unspecified atom stereocenters. The summed E-state index contributed by atoms with van der Waals surface area (Å²) in [6.45, 7) is 5.48. The summed E-state index contributed by atoms with van der Waals surface area (Å²) in [7, 11) is 0. The number of anilines is 2. The van der Waals surface area contributed by atoms with Crippen LogP contribution in [-0.4, -0.2) is 36.3 Å². The minimum atomic E-state index is 0.303. The fraction of sp³-hybridized carbons (Fsp3) is 0.467. The Kier molecular flexibility index (Phi) is 4.67. The summed E-state index contributed by atoms with van der Waals surface area (Å²) >= 11 is 1.77. The number of nitrogens with one attached hydrogen (secondary N) is 1. The monoisotopic (exact) mass is 304 g/mol. The van der Waals surface area contributed by atoms with Crippen molar-refractivity contribution in [3.63, 3.8) is 0 Å². The van der Waals surface area contributed by atoms with Crippen molar-refractivity contribution in [1.29, 1.82) is 0 Å². The SMILES string of the molecule is CC[C@H](Nc1cc(N2CCOCC2)ncn1)c1cccs1. The van der Waals surface area contributed by atoms with Crippen LogP contribution in [0.4, 0.5) is 11.6 Å². The van der Waals surface area contributed by atoms with E-state index in [1.807, 2.05) is 6.07 Å². The van der Waals surface area contributed by atoms with Crippen LogP contribution in [0.5, 0.6) is 0 Å². The topological polar surface area (TPSA) is 50.3 Å². The van der Waals surface area contributed by atoms with E-state index in [4.69, 9.17) is 4.74 Å². The molecule has 1 atom stereocenters. The lowest BCUT2D eigenvalue weighted by atomic mass is 10.2. The van der Waals surface area contributed by atoms with E-state index in [9.17, 15) is 0 Å². The molecular weight excluding hydrogens is 284 g/mol. The highest BCUT2D eigenvalue weighted by atomic mass is 32.1. The van der Waals surface area contributed by atoms with Crippen LogP contribution in [0.3, 0.4) is 0 Å². The maximum absolute atomic E-state index is 5.38. The van der Waals surface area contributed by atoms with E-state index in [1.165, 1.54) is 4.88 Å². The van der Waals surface area contributed by atoms with E-state index in [0.29, 0.717) is 6.04 Å². The fourth-order valence-electron chi connectivity index (χ4n) is 2.43. The molecule has 3 rings (SSSR count). The van der Waals surface area contributed by atoms with Crippen molar-refractivity contribution >= 4 is 23.0 Å². The van der Waals surface area contributed by atoms with Crippen molar-refractivity contribution in [2.24, 2.45) is 0 Å². The van der Waals surface area contributed by atoms with Gasteiger partial charge in [-0.15, -0.1) is 11.3 Å². The largest absolute Gasteiger partial charge is 0.378 e. The molecule has 0 aliphatic carbocycles. The summed E-state index contributed by atoms with van der Waals surface area (Å²) < 4.78 is 5.38. The van der Waals surface area contributed by atoms with Crippen molar-refractivity contribution in [2.45, 2.75) is 19.4 Å². The third-order valence-corrected chi connectivity index (χ3v) is 4.59. The van der Waals surface area contributed by atoms with Gasteiger partial charge in [-0.3, -0.25) is 0 Å². The van der Waals surface area contributed by atoms with Gasteiger partial charge in [-0.2, -0.15) is 0 Å². The molecule has 3 heterocycles. The first kappa shape index (κ1) is 14.3. The fourth-order valence-corrected chi connectivity index (χ4v) is 3.30. The lowest BCUT2D eigenvalue weighted by Gasteiger charge is -2.28. The van der Waals surface area contributed by atoms with Crippen LogP contribution in [0.25, 0.3) is 0 Å². The maximum atomic E-state index is 5.38. The number of hydrogen-bond donors (Lipinski definition) is 1. The number of ether oxygens (including phenoxy) is 1. The molecule has 112 valence electrons. The van der Waals surface area contributed by atoms with Crippen LogP contribution in [-0.2, 0) is 4.74 Å². The molecule has 1 saturated heterocycles. The second kappa shape index (κ2) is 6.87. The molecule has 0 aromatic carbocycles. The normalized spacial score (nSPS) is 16.7. The van der Waals surface area contributed by atoms with Crippen molar-refractivity contribution < 1.29 is 4.74 Å². The molecular formula is C15H20N4OS. The average Bonchev–Trinajstić information content (AvgIpc) is 3.08. The molecule has 0 radical (unpaired) electrons. The molecule has 1 aliphatic heterocycles. The molecule has 21 heavy (non-hydrogen) atoms. The first-order valence-electron chi connectivity index (χ1n) is 7.31. The third-order valence-electron chi connectivity index (χ3n) is 3.60. The summed E-state index contributed by atoms with van der Waals surface area (Å²) in [6, 6.07) is 6.58. The molecule has 0 spiro atoms. The highest BCUT2D eigenvalue weighted by Gasteiger charge is 2.15. The number of aromatic nitrogens is 2. The predicted octanol–water partition coefficient (Wildman–Crippen LogP) is 2.94. The maximum Gasteiger partial charge on any atom is 0.134 e. The van der Waals surface area contributed by atoms with Gasteiger partial charge in [0.05, 0.1) is 19.3 Å². The van der Waals surface area contributed by atoms with Gasteiger partial charge in [0.1, 0.15) is 18.0 Å². The van der Waals surface area contributed by atoms with Crippen LogP contribution in [0, 0.1) is 0 Å². The Balaban J connectivity index is 1.73. The van der Waals surface area contributed by atoms with E-state index in [2.05, 4.69) is 44.6 Å². The minimum absolute atomic E-state index is 0.303. The summed E-state index contributed by atoms with van der Waals surface area (Å²) in [5.41, 5.74) is 0. The van der Waals surface area contributed by atoms with E-state index >= 15 is 0 Å². The van der Waals surface area contributed by atoms with Crippen molar-refractivity contribution in [1.82, 2.24) is 9.97 Å². The van der Waals surface area contributed by atoms with Crippen molar-refractivity contribution in [2.75, 3.05) is 36.5 Å². The zero-order chi connectivity index (χ0) is 14.5. The minimum Gasteiger partial charge on any atom is -0.378 e. The van der Waals surface area contributed by atoms with Crippen molar-refractivity contribution in [3.05, 3.63) is 34.8 Å². The number of hydrogen-bond acceptors (Lipinski definition) is 6. The highest BCUT2D eigenvalue weighted by molar-refractivity contribution is 7.10. The van der Waals surface area contributed by atoms with Gasteiger partial charge in [0, 0.05) is 24.0 Å². The molecule has 1 aliphatic rings. The molecule has 0 amide bonds. The quantitative estimate of drug-likeness (QED) is 0.920. The Bertz CT molecular complexity index is 555. The smallest absolute Gasteiger partial charge is 0.134 e. The van der Waals surface area contributed by atoms with E-state index in [1.54, 1.807) is 17.7 Å². The third kappa shape index (κ3) is 3.51. The molecule has 2 aromatic rings. The van der Waals surface area contributed by atoms with Crippen molar-refractivity contribution in [3.8, 4) is 0 Å². The summed E-state index contributed by atoms with van der Waals surface area (Å²) in [5.74, 6) is 1.85. The Hall–Kier alpha value is -1.66. The van der Waals surface area contributed by atoms with Crippen LogP contribution in [0.15, 0.2) is 29.9 Å². The van der Waals surface area contributed by atoms with Gasteiger partial charge in [0.2, 0.25) is 0 Å². The van der Waals surface area contributed by atoms with E-state index < -0.39 is 0 Å². The predicted molar refractivity (Wildman–Crippen MR) is 86.0 cm³/mol. The van der Waals surface area contributed by atoms with Gasteiger partial charge >= 0.3 is 0 Å². The van der Waals surface area contributed by atoms with E-state index in [0.717, 1.165) is 44.4 Å². The number of nitrogens with zero attached hydrogens (tertiary/aromatic N) is 3. The Labute approximate surface area is 129 Å². The first-order valence-corrected chi connectivity index (χ1v) is 8.19. The molecule has 5 nitrogen and oxygen atoms in total. The lowest BCUT2D eigenvalue weighted by molar-refractivity contribution is 0.122. The Morgan fingerprint density at radius 1 is 1.38 bits per heavy atom. The summed E-state index contributed by atoms with van der Waals surface area (Å²) in [4.78, 5) is 12.3. The van der Waals surface area contributed by atoms with Crippen LogP contribution in [0.1, 0.15) is 24.3 Å². The zero-order valence-corrected chi connectivity index (χ0v) is 13.0. The Morgan fingerprint density at radius 2 is 2.24 bits per heavy atom. The van der Waals surface area contributed by atoms with Crippen LogP contribution < -0.4 is 10.2 Å². The molecule has 1 N–H and O–H groups in total. The first-order chi connectivity index (χ1) is 10.4. The van der Waals surface area contributed by atoms with Gasteiger partial charge in [-0.1, -0.05) is 13.0 Å². The second-order valence-electron chi connectivity index (χ2n) is 4.98. The second-order valence-corrected chi connectivity index (χ2v) is 5.96. The zero-order valence-electron chi connectivity index (χ0n) is 12.2. The molecule has 1 fully saturated rings. The molecule has 2 aromatic heterocycles. The average molecular weight is 304 g/mol. The van der Waals surface area contributed by atoms with Gasteiger partial charge in [0.25, 0.3) is 0 Å². The molecule has 6 heteroatoms.